The Labute approximate surface area is 72.5 Å². The highest BCUT2D eigenvalue weighted by molar-refractivity contribution is 7.97. The SMILES string of the molecule is Cc1cccc(SN(C)C)c1. The van der Waals surface area contributed by atoms with Crippen LogP contribution in [0.15, 0.2) is 29.2 Å². The lowest BCUT2D eigenvalue weighted by Crippen LogP contribution is -1.98. The summed E-state index contributed by atoms with van der Waals surface area (Å²) in [6.45, 7) is 2.11. The highest BCUT2D eigenvalue weighted by Gasteiger charge is 1.94. The van der Waals surface area contributed by atoms with E-state index in [4.69, 9.17) is 0 Å². The fourth-order valence-corrected chi connectivity index (χ4v) is 1.68. The first-order valence-electron chi connectivity index (χ1n) is 3.60. The summed E-state index contributed by atoms with van der Waals surface area (Å²) in [4.78, 5) is 1.30. The Morgan fingerprint density at radius 3 is 2.55 bits per heavy atom. The number of hydrogen-bond acceptors (Lipinski definition) is 2. The second kappa shape index (κ2) is 3.79. The van der Waals surface area contributed by atoms with Crippen molar-refractivity contribution in [1.29, 1.82) is 0 Å². The predicted molar refractivity (Wildman–Crippen MR) is 50.7 cm³/mol. The van der Waals surface area contributed by atoms with E-state index in [1.807, 2.05) is 14.1 Å². The van der Waals surface area contributed by atoms with Gasteiger partial charge in [-0.1, -0.05) is 12.1 Å². The van der Waals surface area contributed by atoms with Crippen molar-refractivity contribution in [2.24, 2.45) is 0 Å². The van der Waals surface area contributed by atoms with Gasteiger partial charge in [0.15, 0.2) is 0 Å². The normalized spacial score (nSPS) is 10.5. The Morgan fingerprint density at radius 1 is 1.27 bits per heavy atom. The van der Waals surface area contributed by atoms with Crippen molar-refractivity contribution >= 4 is 11.9 Å². The molecular formula is C9H13NS. The molecule has 0 N–H and O–H groups in total. The quantitative estimate of drug-likeness (QED) is 0.623. The molecule has 1 nitrogen and oxygen atoms in total. The van der Waals surface area contributed by atoms with Crippen LogP contribution in [0.3, 0.4) is 0 Å². The van der Waals surface area contributed by atoms with Crippen LogP contribution in [0.5, 0.6) is 0 Å². The van der Waals surface area contributed by atoms with Gasteiger partial charge in [-0.15, -0.1) is 0 Å². The average Bonchev–Trinajstić information content (AvgIpc) is 1.85. The molecule has 0 amide bonds. The summed E-state index contributed by atoms with van der Waals surface area (Å²) in [6.07, 6.45) is 0. The van der Waals surface area contributed by atoms with E-state index < -0.39 is 0 Å². The molecule has 0 aliphatic carbocycles. The molecule has 0 heterocycles. The Balaban J connectivity index is 2.71. The van der Waals surface area contributed by atoms with Gasteiger partial charge < -0.3 is 0 Å². The van der Waals surface area contributed by atoms with Crippen molar-refractivity contribution < 1.29 is 0 Å². The first-order valence-corrected chi connectivity index (χ1v) is 4.38. The summed E-state index contributed by atoms with van der Waals surface area (Å²) in [5, 5.41) is 0. The fourth-order valence-electron chi connectivity index (χ4n) is 0.883. The van der Waals surface area contributed by atoms with Gasteiger partial charge >= 0.3 is 0 Å². The lowest BCUT2D eigenvalue weighted by molar-refractivity contribution is 0.702. The predicted octanol–water partition coefficient (Wildman–Crippen LogP) is 2.56. The molecule has 0 aliphatic rings. The van der Waals surface area contributed by atoms with Crippen LogP contribution in [-0.4, -0.2) is 18.4 Å². The van der Waals surface area contributed by atoms with Gasteiger partial charge in [0, 0.05) is 4.90 Å². The summed E-state index contributed by atoms with van der Waals surface area (Å²) < 4.78 is 2.09. The van der Waals surface area contributed by atoms with Crippen molar-refractivity contribution in [1.82, 2.24) is 4.31 Å². The van der Waals surface area contributed by atoms with Crippen molar-refractivity contribution in [3.05, 3.63) is 29.8 Å². The molecule has 0 aromatic heterocycles. The molecule has 1 aromatic carbocycles. The van der Waals surface area contributed by atoms with Crippen molar-refractivity contribution in [3.8, 4) is 0 Å². The maximum atomic E-state index is 2.19. The van der Waals surface area contributed by atoms with Gasteiger partial charge in [0.1, 0.15) is 0 Å². The standard InChI is InChI=1S/C9H13NS/c1-8-5-4-6-9(7-8)11-10(2)3/h4-7H,1-3H3. The molecule has 11 heavy (non-hydrogen) atoms. The average molecular weight is 167 g/mol. The second-order valence-electron chi connectivity index (χ2n) is 2.72. The second-order valence-corrected chi connectivity index (χ2v) is 4.10. The van der Waals surface area contributed by atoms with Gasteiger partial charge in [0.25, 0.3) is 0 Å². The number of hydrogen-bond donors (Lipinski definition) is 0. The van der Waals surface area contributed by atoms with Gasteiger partial charge in [-0.05, 0) is 50.7 Å². The van der Waals surface area contributed by atoms with Gasteiger partial charge in [-0.2, -0.15) is 0 Å². The van der Waals surface area contributed by atoms with E-state index in [1.165, 1.54) is 10.5 Å². The number of aryl methyl sites for hydroxylation is 1. The number of benzene rings is 1. The molecule has 0 unspecified atom stereocenters. The fraction of sp³-hybridized carbons (Fsp3) is 0.333. The van der Waals surface area contributed by atoms with Gasteiger partial charge in [-0.25, -0.2) is 0 Å². The van der Waals surface area contributed by atoms with Crippen LogP contribution >= 0.6 is 11.9 Å². The summed E-state index contributed by atoms with van der Waals surface area (Å²) in [7, 11) is 4.10. The molecule has 0 aliphatic heterocycles. The Kier molecular flexibility index (Phi) is 2.97. The number of nitrogens with zero attached hydrogens (tertiary/aromatic N) is 1. The van der Waals surface area contributed by atoms with E-state index in [1.54, 1.807) is 11.9 Å². The lowest BCUT2D eigenvalue weighted by atomic mass is 10.2. The van der Waals surface area contributed by atoms with Crippen LogP contribution in [0.1, 0.15) is 5.56 Å². The minimum Gasteiger partial charge on any atom is -0.253 e. The van der Waals surface area contributed by atoms with E-state index in [2.05, 4.69) is 35.5 Å². The highest BCUT2D eigenvalue weighted by Crippen LogP contribution is 2.19. The zero-order chi connectivity index (χ0) is 8.27. The van der Waals surface area contributed by atoms with Gasteiger partial charge in [-0.3, -0.25) is 4.31 Å². The smallest absolute Gasteiger partial charge is 0.0232 e. The Bertz CT molecular complexity index is 233. The van der Waals surface area contributed by atoms with Crippen LogP contribution in [-0.2, 0) is 0 Å². The van der Waals surface area contributed by atoms with E-state index in [9.17, 15) is 0 Å². The number of rotatable bonds is 2. The molecule has 0 saturated carbocycles. The molecule has 0 spiro atoms. The van der Waals surface area contributed by atoms with Crippen molar-refractivity contribution in [2.45, 2.75) is 11.8 Å². The summed E-state index contributed by atoms with van der Waals surface area (Å²) in [6, 6.07) is 8.50. The molecule has 0 saturated heterocycles. The monoisotopic (exact) mass is 167 g/mol. The van der Waals surface area contributed by atoms with Crippen LogP contribution < -0.4 is 0 Å². The molecule has 1 aromatic rings. The molecule has 1 rings (SSSR count). The van der Waals surface area contributed by atoms with Gasteiger partial charge in [0.2, 0.25) is 0 Å². The van der Waals surface area contributed by atoms with Gasteiger partial charge in [0.05, 0.1) is 0 Å². The topological polar surface area (TPSA) is 3.24 Å². The van der Waals surface area contributed by atoms with E-state index >= 15 is 0 Å². The van der Waals surface area contributed by atoms with Crippen LogP contribution in [0.25, 0.3) is 0 Å². The Hall–Kier alpha value is -0.470. The first-order chi connectivity index (χ1) is 5.18. The van der Waals surface area contributed by atoms with E-state index in [0.29, 0.717) is 0 Å². The lowest BCUT2D eigenvalue weighted by Gasteiger charge is -2.07. The van der Waals surface area contributed by atoms with Crippen molar-refractivity contribution in [2.75, 3.05) is 14.1 Å². The highest BCUT2D eigenvalue weighted by atomic mass is 32.2. The summed E-state index contributed by atoms with van der Waals surface area (Å²) in [5.41, 5.74) is 1.32. The third-order valence-electron chi connectivity index (χ3n) is 1.28. The minimum absolute atomic E-state index is 1.30. The summed E-state index contributed by atoms with van der Waals surface area (Å²) in [5.74, 6) is 0. The molecule has 0 radical (unpaired) electrons. The molecule has 2 heteroatoms. The third kappa shape index (κ3) is 2.95. The summed E-state index contributed by atoms with van der Waals surface area (Å²) >= 11 is 1.75. The molecular weight excluding hydrogens is 154 g/mol. The maximum Gasteiger partial charge on any atom is 0.0232 e. The van der Waals surface area contributed by atoms with Crippen LogP contribution in [0, 0.1) is 6.92 Å². The minimum atomic E-state index is 1.30. The first kappa shape index (κ1) is 8.62. The maximum absolute atomic E-state index is 2.19. The zero-order valence-corrected chi connectivity index (χ0v) is 7.98. The van der Waals surface area contributed by atoms with Crippen LogP contribution in [0.4, 0.5) is 0 Å². The van der Waals surface area contributed by atoms with E-state index in [0.717, 1.165) is 0 Å². The molecule has 0 bridgehead atoms. The molecule has 60 valence electrons. The largest absolute Gasteiger partial charge is 0.253 e. The van der Waals surface area contributed by atoms with Crippen molar-refractivity contribution in [3.63, 3.8) is 0 Å². The molecule has 0 atom stereocenters. The zero-order valence-electron chi connectivity index (χ0n) is 7.16. The van der Waals surface area contributed by atoms with Crippen LogP contribution in [0.2, 0.25) is 0 Å². The van der Waals surface area contributed by atoms with E-state index in [-0.39, 0.29) is 0 Å². The Morgan fingerprint density at radius 2 is 2.00 bits per heavy atom. The third-order valence-corrected chi connectivity index (χ3v) is 2.11. The molecule has 0 fully saturated rings.